The number of esters is 1. The smallest absolute Gasteiger partial charge is 0.333 e. The van der Waals surface area contributed by atoms with Crippen LogP contribution >= 0.6 is 11.8 Å². The van der Waals surface area contributed by atoms with E-state index < -0.39 is 5.97 Å². The van der Waals surface area contributed by atoms with Crippen LogP contribution in [0.15, 0.2) is 35.4 Å². The van der Waals surface area contributed by atoms with Crippen LogP contribution in [0.5, 0.6) is 5.75 Å². The van der Waals surface area contributed by atoms with E-state index in [-0.39, 0.29) is 30.7 Å². The van der Waals surface area contributed by atoms with Crippen molar-refractivity contribution in [2.24, 2.45) is 0 Å². The van der Waals surface area contributed by atoms with E-state index in [2.05, 4.69) is 5.32 Å². The molecule has 0 unspecified atom stereocenters. The van der Waals surface area contributed by atoms with E-state index in [9.17, 15) is 14.4 Å². The summed E-state index contributed by atoms with van der Waals surface area (Å²) in [4.78, 5) is 36.9. The van der Waals surface area contributed by atoms with Crippen LogP contribution < -0.4 is 10.1 Å². The Balaban J connectivity index is 1.83. The predicted octanol–water partition coefficient (Wildman–Crippen LogP) is 1.33. The van der Waals surface area contributed by atoms with E-state index in [4.69, 9.17) is 9.47 Å². The Labute approximate surface area is 156 Å². The van der Waals surface area contributed by atoms with Crippen LogP contribution in [0.4, 0.5) is 0 Å². The fourth-order valence-corrected chi connectivity index (χ4v) is 3.25. The summed E-state index contributed by atoms with van der Waals surface area (Å²) in [5, 5.41) is 3.23. The first-order valence-corrected chi connectivity index (χ1v) is 9.23. The molecule has 1 saturated heterocycles. The second kappa shape index (κ2) is 9.86. The van der Waals surface area contributed by atoms with Gasteiger partial charge < -0.3 is 14.8 Å². The van der Waals surface area contributed by atoms with Crippen molar-refractivity contribution in [1.29, 1.82) is 0 Å². The standard InChI is InChI=1S/C18H22N2O5S/c1-3-25-18(23)10-17-20(16(22)12-26-17)11-15(21)19-9-8-13-4-6-14(24-2)7-5-13/h4-7,10H,3,8-9,11-12H2,1-2H3,(H,19,21). The second-order valence-electron chi connectivity index (χ2n) is 5.45. The van der Waals surface area contributed by atoms with Gasteiger partial charge in [0.15, 0.2) is 0 Å². The molecule has 0 saturated carbocycles. The molecule has 1 N–H and O–H groups in total. The zero-order valence-corrected chi connectivity index (χ0v) is 15.6. The highest BCUT2D eigenvalue weighted by atomic mass is 32.2. The molecule has 1 aromatic rings. The number of hydrogen-bond donors (Lipinski definition) is 1. The van der Waals surface area contributed by atoms with Crippen LogP contribution in [0.3, 0.4) is 0 Å². The summed E-state index contributed by atoms with van der Waals surface area (Å²) in [5.74, 6) is 0.00279. The molecule has 0 bridgehead atoms. The molecule has 0 aromatic heterocycles. The minimum atomic E-state index is -0.519. The number of nitrogens with one attached hydrogen (secondary N) is 1. The summed E-state index contributed by atoms with van der Waals surface area (Å²) >= 11 is 1.22. The molecule has 26 heavy (non-hydrogen) atoms. The van der Waals surface area contributed by atoms with Crippen molar-refractivity contribution in [3.8, 4) is 5.75 Å². The van der Waals surface area contributed by atoms with Gasteiger partial charge in [0.25, 0.3) is 0 Å². The van der Waals surface area contributed by atoms with Crippen LogP contribution in [0.1, 0.15) is 12.5 Å². The topological polar surface area (TPSA) is 84.9 Å². The van der Waals surface area contributed by atoms with Gasteiger partial charge in [0.05, 0.1) is 30.6 Å². The highest BCUT2D eigenvalue weighted by Gasteiger charge is 2.29. The van der Waals surface area contributed by atoms with Crippen molar-refractivity contribution in [2.45, 2.75) is 13.3 Å². The van der Waals surface area contributed by atoms with Crippen molar-refractivity contribution < 1.29 is 23.9 Å². The molecule has 140 valence electrons. The lowest BCUT2D eigenvalue weighted by molar-refractivity contribution is -0.137. The third-order valence-electron chi connectivity index (χ3n) is 3.64. The summed E-state index contributed by atoms with van der Waals surface area (Å²) < 4.78 is 9.95. The summed E-state index contributed by atoms with van der Waals surface area (Å²) in [6.07, 6.45) is 1.92. The Bertz CT molecular complexity index is 687. The summed E-state index contributed by atoms with van der Waals surface area (Å²) in [7, 11) is 1.61. The maximum atomic E-state index is 12.1. The van der Waals surface area contributed by atoms with E-state index in [1.54, 1.807) is 14.0 Å². The van der Waals surface area contributed by atoms with E-state index in [0.29, 0.717) is 18.0 Å². The van der Waals surface area contributed by atoms with E-state index in [1.165, 1.54) is 22.7 Å². The highest BCUT2D eigenvalue weighted by Crippen LogP contribution is 2.28. The number of thioether (sulfide) groups is 1. The van der Waals surface area contributed by atoms with Gasteiger partial charge in [0, 0.05) is 6.54 Å². The molecule has 0 spiro atoms. The van der Waals surface area contributed by atoms with Crippen molar-refractivity contribution in [1.82, 2.24) is 10.2 Å². The maximum Gasteiger partial charge on any atom is 0.333 e. The zero-order valence-electron chi connectivity index (χ0n) is 14.8. The first-order chi connectivity index (χ1) is 12.5. The van der Waals surface area contributed by atoms with Crippen molar-refractivity contribution in [3.05, 3.63) is 40.9 Å². The normalized spacial score (nSPS) is 15.2. The van der Waals surface area contributed by atoms with Crippen molar-refractivity contribution >= 4 is 29.5 Å². The lowest BCUT2D eigenvalue weighted by atomic mass is 10.1. The molecular weight excluding hydrogens is 356 g/mol. The number of carbonyl (C=O) groups is 3. The third kappa shape index (κ3) is 5.80. The predicted molar refractivity (Wildman–Crippen MR) is 98.6 cm³/mol. The number of rotatable bonds is 8. The number of ether oxygens (including phenoxy) is 2. The number of methoxy groups -OCH3 is 1. The van der Waals surface area contributed by atoms with Crippen LogP contribution in [-0.4, -0.2) is 55.2 Å². The van der Waals surface area contributed by atoms with Gasteiger partial charge in [0.2, 0.25) is 11.8 Å². The molecule has 0 aliphatic carbocycles. The number of hydrogen-bond acceptors (Lipinski definition) is 6. The number of nitrogens with zero attached hydrogens (tertiary/aromatic N) is 1. The molecule has 0 atom stereocenters. The Hall–Kier alpha value is -2.48. The number of amides is 2. The van der Waals surface area contributed by atoms with Crippen LogP contribution in [-0.2, 0) is 25.5 Å². The summed E-state index contributed by atoms with van der Waals surface area (Å²) in [5.41, 5.74) is 1.07. The van der Waals surface area contributed by atoms with Crippen LogP contribution in [0.2, 0.25) is 0 Å². The second-order valence-corrected chi connectivity index (χ2v) is 6.45. The molecule has 1 fully saturated rings. The van der Waals surface area contributed by atoms with E-state index in [1.807, 2.05) is 24.3 Å². The van der Waals surface area contributed by atoms with Crippen LogP contribution in [0, 0.1) is 0 Å². The monoisotopic (exact) mass is 378 g/mol. The molecule has 7 nitrogen and oxygen atoms in total. The molecule has 1 aromatic carbocycles. The number of benzene rings is 1. The van der Waals surface area contributed by atoms with Gasteiger partial charge in [0.1, 0.15) is 12.3 Å². The molecule has 0 radical (unpaired) electrons. The largest absolute Gasteiger partial charge is 0.497 e. The lowest BCUT2D eigenvalue weighted by Crippen LogP contribution is -2.38. The molecule has 1 aliphatic heterocycles. The number of carbonyl (C=O) groups excluding carboxylic acids is 3. The van der Waals surface area contributed by atoms with Crippen molar-refractivity contribution in [2.75, 3.05) is 32.6 Å². The van der Waals surface area contributed by atoms with E-state index >= 15 is 0 Å². The van der Waals surface area contributed by atoms with Gasteiger partial charge in [-0.3, -0.25) is 14.5 Å². The SMILES string of the molecule is CCOC(=O)C=C1SCC(=O)N1CC(=O)NCCc1ccc(OC)cc1. The third-order valence-corrected chi connectivity index (χ3v) is 4.66. The first-order valence-electron chi connectivity index (χ1n) is 8.24. The lowest BCUT2D eigenvalue weighted by Gasteiger charge is -2.16. The molecule has 1 aliphatic rings. The maximum absolute atomic E-state index is 12.1. The molecular formula is C18H22N2O5S. The van der Waals surface area contributed by atoms with Crippen molar-refractivity contribution in [3.63, 3.8) is 0 Å². The van der Waals surface area contributed by atoms with Gasteiger partial charge in [-0.05, 0) is 31.0 Å². The minimum absolute atomic E-state index is 0.111. The van der Waals surface area contributed by atoms with Gasteiger partial charge in [-0.15, -0.1) is 0 Å². The fourth-order valence-electron chi connectivity index (χ4n) is 2.32. The van der Waals surface area contributed by atoms with Gasteiger partial charge in [-0.2, -0.15) is 0 Å². The highest BCUT2D eigenvalue weighted by molar-refractivity contribution is 8.04. The Morgan fingerprint density at radius 2 is 2.04 bits per heavy atom. The first kappa shape index (κ1) is 19.8. The van der Waals surface area contributed by atoms with E-state index in [0.717, 1.165) is 11.3 Å². The summed E-state index contributed by atoms with van der Waals surface area (Å²) in [6.45, 7) is 2.31. The van der Waals surface area contributed by atoms with Crippen LogP contribution in [0.25, 0.3) is 0 Å². The van der Waals surface area contributed by atoms with Gasteiger partial charge in [-0.25, -0.2) is 4.79 Å². The van der Waals surface area contributed by atoms with Gasteiger partial charge in [-0.1, -0.05) is 23.9 Å². The zero-order chi connectivity index (χ0) is 18.9. The average molecular weight is 378 g/mol. The Kier molecular flexibility index (Phi) is 7.53. The average Bonchev–Trinajstić information content (AvgIpc) is 2.96. The minimum Gasteiger partial charge on any atom is -0.497 e. The molecule has 2 amide bonds. The van der Waals surface area contributed by atoms with Gasteiger partial charge >= 0.3 is 5.97 Å². The summed E-state index contributed by atoms with van der Waals surface area (Å²) in [6, 6.07) is 7.60. The molecule has 2 rings (SSSR count). The molecule has 1 heterocycles. The fraction of sp³-hybridized carbons (Fsp3) is 0.389. The molecule has 8 heteroatoms. The Morgan fingerprint density at radius 3 is 2.69 bits per heavy atom. The Morgan fingerprint density at radius 1 is 1.31 bits per heavy atom. The quantitative estimate of drug-likeness (QED) is 0.543.